The van der Waals surface area contributed by atoms with Crippen LogP contribution in [0, 0.1) is 5.41 Å². The normalized spacial score (nSPS) is 19.4. The molecule has 1 saturated heterocycles. The van der Waals surface area contributed by atoms with E-state index in [1.807, 2.05) is 18.2 Å². The Kier molecular flexibility index (Phi) is 11.8. The molecule has 4 heterocycles. The fraction of sp³-hybridized carbons (Fsp3) is 0.488. The lowest BCUT2D eigenvalue weighted by Crippen LogP contribution is -2.47. The van der Waals surface area contributed by atoms with Crippen molar-refractivity contribution in [3.8, 4) is 5.88 Å². The van der Waals surface area contributed by atoms with E-state index in [2.05, 4.69) is 60.4 Å². The van der Waals surface area contributed by atoms with Gasteiger partial charge in [0, 0.05) is 82.7 Å². The molecule has 1 N–H and O–H groups in total. The number of ether oxygens (including phenoxy) is 2. The molecule has 0 saturated carbocycles. The van der Waals surface area contributed by atoms with E-state index in [4.69, 9.17) is 21.1 Å². The van der Waals surface area contributed by atoms with Crippen LogP contribution in [0.3, 0.4) is 0 Å². The lowest BCUT2D eigenvalue weighted by Gasteiger charge is -2.39. The van der Waals surface area contributed by atoms with Crippen molar-refractivity contribution in [2.45, 2.75) is 84.2 Å². The molecule has 57 heavy (non-hydrogen) atoms. The summed E-state index contributed by atoms with van der Waals surface area (Å²) in [6.07, 6.45) is -2.19. The standard InChI is InChI=1S/C43H53ClF3N5O4Si/c1-42(2)15-12-31(35(26-42)29-6-8-32(44)9-7-29)27-49-18-20-50(21-19-49)33-10-11-34(41(53)54)36(25-33)52-17-14-38(43(45,46)47)56-40-37(52)24-30-13-16-51(39(30)48-40)28-55-22-23-57(3,4)5/h6-11,13,16,24-25,38H,12,14-15,17-23,26-28H2,1-5H3,(H,53,54). The second kappa shape index (κ2) is 16.3. The molecular formula is C43H53ClF3N5O4Si. The Hall–Kier alpha value is -4.04. The first kappa shape index (κ1) is 41.1. The van der Waals surface area contributed by atoms with E-state index in [9.17, 15) is 23.1 Å². The van der Waals surface area contributed by atoms with Gasteiger partial charge in [0.05, 0.1) is 11.3 Å². The smallest absolute Gasteiger partial charge is 0.425 e. The van der Waals surface area contributed by atoms with Crippen molar-refractivity contribution in [3.05, 3.63) is 82.5 Å². The summed E-state index contributed by atoms with van der Waals surface area (Å²) in [5.41, 5.74) is 6.14. The number of halogens is 4. The van der Waals surface area contributed by atoms with Gasteiger partial charge in [-0.2, -0.15) is 18.2 Å². The number of allylic oxidation sites excluding steroid dienone is 1. The Morgan fingerprint density at radius 3 is 2.44 bits per heavy atom. The maximum absolute atomic E-state index is 14.3. The van der Waals surface area contributed by atoms with Gasteiger partial charge in [-0.15, -0.1) is 0 Å². The summed E-state index contributed by atoms with van der Waals surface area (Å²) in [5, 5.41) is 11.8. The van der Waals surface area contributed by atoms with E-state index in [1.165, 1.54) is 16.7 Å². The van der Waals surface area contributed by atoms with Crippen molar-refractivity contribution in [2.24, 2.45) is 5.41 Å². The number of anilines is 3. The van der Waals surface area contributed by atoms with Crippen molar-refractivity contribution in [2.75, 3.05) is 55.7 Å². The number of rotatable bonds is 11. The Morgan fingerprint density at radius 1 is 1.02 bits per heavy atom. The number of hydrogen-bond donors (Lipinski definition) is 1. The fourth-order valence-electron chi connectivity index (χ4n) is 8.07. The zero-order valence-corrected chi connectivity index (χ0v) is 35.2. The van der Waals surface area contributed by atoms with Crippen LogP contribution in [0.25, 0.3) is 16.6 Å². The predicted molar refractivity (Wildman–Crippen MR) is 224 cm³/mol. The van der Waals surface area contributed by atoms with Crippen LogP contribution in [0.15, 0.2) is 66.4 Å². The molecule has 1 unspecified atom stereocenters. The Balaban J connectivity index is 1.14. The number of piperazine rings is 1. The van der Waals surface area contributed by atoms with Crippen molar-refractivity contribution in [1.29, 1.82) is 0 Å². The molecule has 9 nitrogen and oxygen atoms in total. The first-order valence-electron chi connectivity index (χ1n) is 19.8. The zero-order chi connectivity index (χ0) is 40.7. The lowest BCUT2D eigenvalue weighted by atomic mass is 9.72. The number of pyridine rings is 1. The summed E-state index contributed by atoms with van der Waals surface area (Å²) in [4.78, 5) is 23.7. The van der Waals surface area contributed by atoms with Crippen LogP contribution in [-0.2, 0) is 11.5 Å². The first-order chi connectivity index (χ1) is 26.9. The van der Waals surface area contributed by atoms with Gasteiger partial charge in [-0.05, 0) is 84.3 Å². The quantitative estimate of drug-likeness (QED) is 0.118. The van der Waals surface area contributed by atoms with Gasteiger partial charge in [-0.1, -0.05) is 62.8 Å². The summed E-state index contributed by atoms with van der Waals surface area (Å²) in [7, 11) is -1.32. The molecular weight excluding hydrogens is 771 g/mol. The van der Waals surface area contributed by atoms with Crippen LogP contribution in [0.4, 0.5) is 30.2 Å². The van der Waals surface area contributed by atoms with Crippen molar-refractivity contribution in [1.82, 2.24) is 14.5 Å². The van der Waals surface area contributed by atoms with E-state index in [-0.39, 0.29) is 35.8 Å². The van der Waals surface area contributed by atoms with Gasteiger partial charge < -0.3 is 28.9 Å². The minimum atomic E-state index is -4.65. The van der Waals surface area contributed by atoms with E-state index < -0.39 is 32.7 Å². The molecule has 2 aromatic heterocycles. The van der Waals surface area contributed by atoms with Crippen molar-refractivity contribution in [3.63, 3.8) is 0 Å². The molecule has 2 aromatic carbocycles. The van der Waals surface area contributed by atoms with E-state index >= 15 is 0 Å². The Morgan fingerprint density at radius 2 is 1.75 bits per heavy atom. The highest BCUT2D eigenvalue weighted by molar-refractivity contribution is 6.76. The maximum atomic E-state index is 14.3. The van der Waals surface area contributed by atoms with E-state index in [0.717, 1.165) is 55.7 Å². The summed E-state index contributed by atoms with van der Waals surface area (Å²) >= 11 is 6.23. The largest absolute Gasteiger partial charge is 0.478 e. The fourth-order valence-corrected chi connectivity index (χ4v) is 8.95. The van der Waals surface area contributed by atoms with Crippen LogP contribution >= 0.6 is 11.6 Å². The molecule has 3 aliphatic rings. The third kappa shape index (κ3) is 9.64. The topological polar surface area (TPSA) is 83.3 Å². The summed E-state index contributed by atoms with van der Waals surface area (Å²) in [6, 6.07) is 17.9. The molecule has 0 spiro atoms. The number of aromatic nitrogens is 2. The molecule has 4 aromatic rings. The maximum Gasteiger partial charge on any atom is 0.425 e. The minimum Gasteiger partial charge on any atom is -0.478 e. The van der Waals surface area contributed by atoms with Gasteiger partial charge in [0.1, 0.15) is 18.1 Å². The average Bonchev–Trinajstić information content (AvgIpc) is 3.43. The van der Waals surface area contributed by atoms with Gasteiger partial charge in [-0.3, -0.25) is 4.90 Å². The highest BCUT2D eigenvalue weighted by Crippen LogP contribution is 2.45. The van der Waals surface area contributed by atoms with Crippen LogP contribution in [-0.4, -0.2) is 91.8 Å². The third-order valence-corrected chi connectivity index (χ3v) is 13.4. The monoisotopic (exact) mass is 823 g/mol. The zero-order valence-electron chi connectivity index (χ0n) is 33.5. The number of hydrogen-bond acceptors (Lipinski definition) is 7. The molecule has 1 atom stereocenters. The van der Waals surface area contributed by atoms with E-state index in [1.54, 1.807) is 39.9 Å². The number of aromatic carboxylic acids is 1. The Bertz CT molecular complexity index is 2120. The van der Waals surface area contributed by atoms with Crippen LogP contribution < -0.4 is 14.5 Å². The van der Waals surface area contributed by atoms with Gasteiger partial charge >= 0.3 is 12.1 Å². The molecule has 14 heteroatoms. The molecule has 0 bridgehead atoms. The summed E-state index contributed by atoms with van der Waals surface area (Å²) in [6.45, 7) is 16.0. The molecule has 1 aliphatic carbocycles. The average molecular weight is 824 g/mol. The number of alkyl halides is 3. The first-order valence-corrected chi connectivity index (χ1v) is 23.9. The van der Waals surface area contributed by atoms with Crippen LogP contribution in [0.5, 0.6) is 5.88 Å². The molecule has 1 fully saturated rings. The third-order valence-electron chi connectivity index (χ3n) is 11.5. The number of nitrogens with zero attached hydrogens (tertiary/aromatic N) is 5. The highest BCUT2D eigenvalue weighted by Gasteiger charge is 2.44. The van der Waals surface area contributed by atoms with Crippen LogP contribution in [0.1, 0.15) is 55.5 Å². The SMILES string of the molecule is CC1(C)CCC(CN2CCN(c3ccc(C(=O)O)c(N4CCC(C(F)(F)F)Oc5nc6c(ccn6COCC[Si](C)(C)C)cc54)c3)CC2)=C(c2ccc(Cl)cc2)C1. The number of carboxylic acid groups (broad SMARTS) is 1. The molecule has 7 rings (SSSR count). The number of carboxylic acids is 1. The van der Waals surface area contributed by atoms with Crippen molar-refractivity contribution >= 4 is 59.3 Å². The molecule has 306 valence electrons. The van der Waals surface area contributed by atoms with Gasteiger partial charge in [0.2, 0.25) is 5.88 Å². The predicted octanol–water partition coefficient (Wildman–Crippen LogP) is 10.3. The number of carbonyl (C=O) groups is 1. The Labute approximate surface area is 339 Å². The van der Waals surface area contributed by atoms with Gasteiger partial charge in [0.15, 0.2) is 6.10 Å². The van der Waals surface area contributed by atoms with Gasteiger partial charge in [-0.25, -0.2) is 4.79 Å². The molecule has 2 aliphatic heterocycles. The number of fused-ring (bicyclic) bond motifs is 2. The van der Waals surface area contributed by atoms with Crippen molar-refractivity contribution < 1.29 is 32.5 Å². The number of benzene rings is 2. The molecule has 0 amide bonds. The van der Waals surface area contributed by atoms with E-state index in [0.29, 0.717) is 36.4 Å². The summed E-state index contributed by atoms with van der Waals surface area (Å²) < 4.78 is 56.3. The van der Waals surface area contributed by atoms with Crippen LogP contribution in [0.2, 0.25) is 30.7 Å². The second-order valence-corrected chi connectivity index (χ2v) is 23.7. The molecule has 0 radical (unpaired) electrons. The summed E-state index contributed by atoms with van der Waals surface area (Å²) in [5.74, 6) is -1.37. The second-order valence-electron chi connectivity index (χ2n) is 17.6. The van der Waals surface area contributed by atoms with Gasteiger partial charge in [0.25, 0.3) is 0 Å². The highest BCUT2D eigenvalue weighted by atomic mass is 35.5. The minimum absolute atomic E-state index is 0.0100. The lowest BCUT2D eigenvalue weighted by molar-refractivity contribution is -0.195.